The molecule has 0 spiro atoms. The van der Waals surface area contributed by atoms with Gasteiger partial charge in [-0.15, -0.1) is 0 Å². The lowest BCUT2D eigenvalue weighted by Crippen LogP contribution is -2.54. The Morgan fingerprint density at radius 1 is 1.24 bits per heavy atom. The number of ether oxygens (including phenoxy) is 1. The number of piperazine rings is 1. The summed E-state index contributed by atoms with van der Waals surface area (Å²) in [6.07, 6.45) is 1.38. The zero-order chi connectivity index (χ0) is 24.3. The van der Waals surface area contributed by atoms with E-state index < -0.39 is 20.9 Å². The Kier molecular flexibility index (Phi) is 7.90. The number of hydrogen-bond acceptors (Lipinski definition) is 5. The molecule has 3 rings (SSSR count). The normalized spacial score (nSPS) is 17.7. The van der Waals surface area contributed by atoms with E-state index in [2.05, 4.69) is 4.90 Å². The highest BCUT2D eigenvalue weighted by Crippen LogP contribution is 2.35. The van der Waals surface area contributed by atoms with Gasteiger partial charge in [0.25, 0.3) is 5.91 Å². The summed E-state index contributed by atoms with van der Waals surface area (Å²) in [5.41, 5.74) is 0.941. The Hall–Kier alpha value is -2.32. The van der Waals surface area contributed by atoms with Gasteiger partial charge < -0.3 is 14.5 Å². The van der Waals surface area contributed by atoms with E-state index in [9.17, 15) is 17.6 Å². The summed E-state index contributed by atoms with van der Waals surface area (Å²) in [6.45, 7) is 6.95. The van der Waals surface area contributed by atoms with Crippen LogP contribution >= 0.6 is 11.6 Å². The molecule has 2 aromatic rings. The second kappa shape index (κ2) is 10.3. The van der Waals surface area contributed by atoms with Gasteiger partial charge in [0.15, 0.2) is 9.84 Å². The molecule has 0 N–H and O–H groups in total. The minimum absolute atomic E-state index is 0.0795. The molecular weight excluding hydrogens is 467 g/mol. The fourth-order valence-electron chi connectivity index (χ4n) is 4.20. The van der Waals surface area contributed by atoms with Crippen LogP contribution in [0, 0.1) is 5.82 Å². The van der Waals surface area contributed by atoms with Gasteiger partial charge in [-0.2, -0.15) is 0 Å². The van der Waals surface area contributed by atoms with E-state index in [1.54, 1.807) is 37.1 Å². The van der Waals surface area contributed by atoms with Crippen LogP contribution in [0.1, 0.15) is 44.0 Å². The quantitative estimate of drug-likeness (QED) is 0.550. The van der Waals surface area contributed by atoms with Crippen LogP contribution in [0.5, 0.6) is 5.75 Å². The number of hydrogen-bond donors (Lipinski definition) is 0. The van der Waals surface area contributed by atoms with Gasteiger partial charge >= 0.3 is 0 Å². The van der Waals surface area contributed by atoms with Crippen molar-refractivity contribution in [3.8, 4) is 5.75 Å². The summed E-state index contributed by atoms with van der Waals surface area (Å²) in [6, 6.07) is 8.58. The van der Waals surface area contributed by atoms with Gasteiger partial charge in [-0.25, -0.2) is 12.8 Å². The molecule has 0 aromatic heterocycles. The van der Waals surface area contributed by atoms with Crippen LogP contribution in [-0.4, -0.2) is 57.3 Å². The molecule has 2 aromatic carbocycles. The highest BCUT2D eigenvalue weighted by atomic mass is 35.5. The number of nitrogens with zero attached hydrogens (tertiary/aromatic N) is 2. The molecule has 1 amide bonds. The third kappa shape index (κ3) is 5.27. The summed E-state index contributed by atoms with van der Waals surface area (Å²) in [7, 11) is -1.92. The highest BCUT2D eigenvalue weighted by molar-refractivity contribution is 7.92. The average Bonchev–Trinajstić information content (AvgIpc) is 2.78. The molecular formula is C24H30ClFN2O4S. The van der Waals surface area contributed by atoms with E-state index in [1.165, 1.54) is 12.1 Å². The number of carbonyl (C=O) groups excluding carboxylic acids is 1. The van der Waals surface area contributed by atoms with Crippen LogP contribution in [0.25, 0.3) is 0 Å². The van der Waals surface area contributed by atoms with Crippen molar-refractivity contribution in [2.24, 2.45) is 0 Å². The maximum atomic E-state index is 13.4. The summed E-state index contributed by atoms with van der Waals surface area (Å²) < 4.78 is 45.0. The first kappa shape index (κ1) is 25.3. The smallest absolute Gasteiger partial charge is 0.255 e. The minimum Gasteiger partial charge on any atom is -0.495 e. The summed E-state index contributed by atoms with van der Waals surface area (Å²) in [5.74, 6) is -0.182. The predicted octanol–water partition coefficient (Wildman–Crippen LogP) is 4.80. The Balaban J connectivity index is 1.85. The molecule has 1 aliphatic rings. The van der Waals surface area contributed by atoms with Crippen molar-refractivity contribution in [3.63, 3.8) is 0 Å². The molecule has 1 heterocycles. The number of methoxy groups -OCH3 is 1. The first-order valence-corrected chi connectivity index (χ1v) is 13.0. The molecule has 9 heteroatoms. The number of anilines is 1. The van der Waals surface area contributed by atoms with E-state index in [1.807, 2.05) is 13.8 Å². The van der Waals surface area contributed by atoms with Crippen molar-refractivity contribution in [1.29, 1.82) is 0 Å². The van der Waals surface area contributed by atoms with E-state index >= 15 is 0 Å². The van der Waals surface area contributed by atoms with Crippen LogP contribution in [0.15, 0.2) is 41.3 Å². The minimum atomic E-state index is -3.47. The largest absolute Gasteiger partial charge is 0.495 e. The number of sulfone groups is 1. The second-order valence-electron chi connectivity index (χ2n) is 8.40. The topological polar surface area (TPSA) is 66.9 Å². The Bertz CT molecular complexity index is 1130. The third-order valence-electron chi connectivity index (χ3n) is 6.09. The number of amides is 1. The van der Waals surface area contributed by atoms with Crippen molar-refractivity contribution in [1.82, 2.24) is 4.90 Å². The maximum Gasteiger partial charge on any atom is 0.255 e. The first-order chi connectivity index (χ1) is 15.6. The molecule has 0 saturated carbocycles. The second-order valence-corrected chi connectivity index (χ2v) is 11.2. The number of rotatable bonds is 7. The molecule has 1 aliphatic heterocycles. The van der Waals surface area contributed by atoms with Crippen LogP contribution in [0.3, 0.4) is 0 Å². The van der Waals surface area contributed by atoms with E-state index in [-0.39, 0.29) is 27.4 Å². The third-order valence-corrected chi connectivity index (χ3v) is 8.61. The highest BCUT2D eigenvalue weighted by Gasteiger charge is 2.31. The molecule has 6 nitrogen and oxygen atoms in total. The summed E-state index contributed by atoms with van der Waals surface area (Å²) in [5, 5.41) is -0.396. The van der Waals surface area contributed by atoms with E-state index in [4.69, 9.17) is 16.3 Å². The molecule has 1 saturated heterocycles. The number of carbonyl (C=O) groups is 1. The maximum absolute atomic E-state index is 13.4. The Morgan fingerprint density at radius 2 is 1.97 bits per heavy atom. The zero-order valence-corrected chi connectivity index (χ0v) is 20.9. The van der Waals surface area contributed by atoms with Gasteiger partial charge in [0.1, 0.15) is 11.6 Å². The van der Waals surface area contributed by atoms with E-state index in [0.29, 0.717) is 37.5 Å². The predicted molar refractivity (Wildman–Crippen MR) is 129 cm³/mol. The van der Waals surface area contributed by atoms with Gasteiger partial charge in [0.2, 0.25) is 0 Å². The van der Waals surface area contributed by atoms with Crippen molar-refractivity contribution < 1.29 is 22.3 Å². The Morgan fingerprint density at radius 3 is 2.58 bits per heavy atom. The number of halogens is 2. The van der Waals surface area contributed by atoms with Gasteiger partial charge in [0.05, 0.1) is 33.5 Å². The van der Waals surface area contributed by atoms with Crippen molar-refractivity contribution in [2.45, 2.75) is 49.8 Å². The fraction of sp³-hybridized carbons (Fsp3) is 0.458. The average molecular weight is 497 g/mol. The van der Waals surface area contributed by atoms with Crippen LogP contribution < -0.4 is 9.64 Å². The zero-order valence-electron chi connectivity index (χ0n) is 19.3. The molecule has 1 fully saturated rings. The van der Waals surface area contributed by atoms with Gasteiger partial charge in [0, 0.05) is 25.7 Å². The lowest BCUT2D eigenvalue weighted by Gasteiger charge is -2.42. The number of benzene rings is 2. The molecule has 2 unspecified atom stereocenters. The summed E-state index contributed by atoms with van der Waals surface area (Å²) in [4.78, 5) is 17.0. The molecule has 33 heavy (non-hydrogen) atoms. The van der Waals surface area contributed by atoms with Gasteiger partial charge in [-0.3, -0.25) is 4.79 Å². The SMILES string of the molecule is CCCC(C)S(=O)(=O)c1ccc(OC)c(N2CCN(C(=O)c3ccc(F)cc3Cl)CC2C)c1. The van der Waals surface area contributed by atoms with Gasteiger partial charge in [-0.1, -0.05) is 24.9 Å². The summed E-state index contributed by atoms with van der Waals surface area (Å²) >= 11 is 6.08. The van der Waals surface area contributed by atoms with Gasteiger partial charge in [-0.05, 0) is 56.7 Å². The monoisotopic (exact) mass is 496 g/mol. The Labute approximate surface area is 200 Å². The van der Waals surface area contributed by atoms with Crippen LogP contribution in [0.2, 0.25) is 5.02 Å². The lowest BCUT2D eigenvalue weighted by molar-refractivity contribution is 0.0726. The molecule has 0 radical (unpaired) electrons. The van der Waals surface area contributed by atoms with Crippen molar-refractivity contribution in [3.05, 3.63) is 52.8 Å². The van der Waals surface area contributed by atoms with Crippen molar-refractivity contribution in [2.75, 3.05) is 31.6 Å². The molecule has 0 bridgehead atoms. The molecule has 2 atom stereocenters. The van der Waals surface area contributed by atoms with Crippen LogP contribution in [0.4, 0.5) is 10.1 Å². The van der Waals surface area contributed by atoms with Crippen LogP contribution in [-0.2, 0) is 9.84 Å². The fourth-order valence-corrected chi connectivity index (χ4v) is 5.99. The standard InChI is InChI=1S/C24H30ClFN2O4S/c1-5-6-17(3)33(30,31)19-8-10-23(32-4)22(14-19)28-12-11-27(15-16(28)2)24(29)20-9-7-18(26)13-21(20)25/h7-10,13-14,16-17H,5-6,11-12,15H2,1-4H3. The van der Waals surface area contributed by atoms with Crippen molar-refractivity contribution >= 4 is 33.0 Å². The van der Waals surface area contributed by atoms with E-state index in [0.717, 1.165) is 12.5 Å². The molecule has 0 aliphatic carbocycles. The lowest BCUT2D eigenvalue weighted by atomic mass is 10.1. The molecule has 180 valence electrons. The first-order valence-electron chi connectivity index (χ1n) is 11.0.